The van der Waals surface area contributed by atoms with Gasteiger partial charge in [0, 0.05) is 12.2 Å². The molecular formula is C29H34N6O2S. The molecule has 1 aliphatic rings. The summed E-state index contributed by atoms with van der Waals surface area (Å²) in [7, 11) is -3.55. The van der Waals surface area contributed by atoms with E-state index in [1.807, 2.05) is 13.0 Å². The summed E-state index contributed by atoms with van der Waals surface area (Å²) in [4.78, 5) is 7.30. The third kappa shape index (κ3) is 5.85. The van der Waals surface area contributed by atoms with E-state index in [0.717, 1.165) is 48.2 Å². The number of rotatable bonds is 9. The Bertz CT molecular complexity index is 1530. The van der Waals surface area contributed by atoms with Crippen molar-refractivity contribution in [2.75, 3.05) is 31.5 Å². The molecule has 198 valence electrons. The van der Waals surface area contributed by atoms with E-state index in [-0.39, 0.29) is 4.90 Å². The summed E-state index contributed by atoms with van der Waals surface area (Å²) in [5.74, 6) is 0.357. The molecule has 0 radical (unpaired) electrons. The zero-order chi connectivity index (χ0) is 26.7. The maximum atomic E-state index is 12.7. The number of likely N-dealkylation sites (tertiary alicyclic amines) is 1. The summed E-state index contributed by atoms with van der Waals surface area (Å²) < 4.78 is 28.1. The fourth-order valence-corrected chi connectivity index (χ4v) is 6.20. The lowest BCUT2D eigenvalue weighted by Crippen LogP contribution is -2.28. The van der Waals surface area contributed by atoms with Crippen LogP contribution in [0.15, 0.2) is 59.5 Å². The highest BCUT2D eigenvalue weighted by molar-refractivity contribution is 7.89. The first-order valence-electron chi connectivity index (χ1n) is 13.1. The van der Waals surface area contributed by atoms with Crippen molar-refractivity contribution in [3.8, 4) is 11.1 Å². The topological polar surface area (TPSA) is 100 Å². The van der Waals surface area contributed by atoms with Gasteiger partial charge in [-0.05, 0) is 124 Å². The molecule has 0 atom stereocenters. The molecule has 0 aliphatic carbocycles. The minimum Gasteiger partial charge on any atom is -0.323 e. The van der Waals surface area contributed by atoms with Gasteiger partial charge in [-0.3, -0.25) is 0 Å². The van der Waals surface area contributed by atoms with Crippen LogP contribution in [0.5, 0.6) is 0 Å². The summed E-state index contributed by atoms with van der Waals surface area (Å²) in [6, 6.07) is 17.0. The highest BCUT2D eigenvalue weighted by Crippen LogP contribution is 2.31. The van der Waals surface area contributed by atoms with E-state index >= 15 is 0 Å². The van der Waals surface area contributed by atoms with Crippen molar-refractivity contribution in [3.63, 3.8) is 0 Å². The Balaban J connectivity index is 1.26. The summed E-state index contributed by atoms with van der Waals surface area (Å²) in [6.07, 6.45) is 3.28. The van der Waals surface area contributed by atoms with Gasteiger partial charge in [0.15, 0.2) is 0 Å². The number of hydrogen-bond acceptors (Lipinski definition) is 7. The Hall–Kier alpha value is -3.40. The van der Waals surface area contributed by atoms with Crippen LogP contribution in [0.25, 0.3) is 22.2 Å². The van der Waals surface area contributed by atoms with Crippen molar-refractivity contribution >= 4 is 32.7 Å². The maximum Gasteiger partial charge on any atom is 0.247 e. The van der Waals surface area contributed by atoms with Gasteiger partial charge in [-0.1, -0.05) is 18.2 Å². The molecule has 0 saturated carbocycles. The number of nitrogens with zero attached hydrogens (tertiary/aromatic N) is 4. The summed E-state index contributed by atoms with van der Waals surface area (Å²) >= 11 is 0. The first-order chi connectivity index (χ1) is 18.3. The monoisotopic (exact) mass is 530 g/mol. The van der Waals surface area contributed by atoms with Crippen LogP contribution in [0, 0.1) is 20.8 Å². The third-order valence-electron chi connectivity index (χ3n) is 7.08. The molecule has 8 nitrogen and oxygen atoms in total. The molecule has 5 rings (SSSR count). The van der Waals surface area contributed by atoms with E-state index in [4.69, 9.17) is 0 Å². The second-order valence-electron chi connectivity index (χ2n) is 10.0. The van der Waals surface area contributed by atoms with Crippen molar-refractivity contribution < 1.29 is 8.42 Å². The molecule has 3 aromatic carbocycles. The normalized spacial score (nSPS) is 14.3. The molecule has 0 unspecified atom stereocenters. The van der Waals surface area contributed by atoms with Crippen molar-refractivity contribution in [3.05, 3.63) is 71.3 Å². The van der Waals surface area contributed by atoms with Crippen LogP contribution >= 0.6 is 0 Å². The smallest absolute Gasteiger partial charge is 0.247 e. The molecule has 1 fully saturated rings. The minimum absolute atomic E-state index is 0.233. The van der Waals surface area contributed by atoms with Gasteiger partial charge in [-0.2, -0.15) is 0 Å². The lowest BCUT2D eigenvalue weighted by Gasteiger charge is -2.14. The number of hydrogen-bond donors (Lipinski definition) is 2. The Morgan fingerprint density at radius 1 is 0.895 bits per heavy atom. The zero-order valence-corrected chi connectivity index (χ0v) is 23.0. The molecule has 2 heterocycles. The second kappa shape index (κ2) is 11.1. The highest BCUT2D eigenvalue weighted by atomic mass is 32.2. The summed E-state index contributed by atoms with van der Waals surface area (Å²) in [6.45, 7) is 9.84. The summed E-state index contributed by atoms with van der Waals surface area (Å²) in [5.41, 5.74) is 7.93. The van der Waals surface area contributed by atoms with Crippen LogP contribution in [-0.4, -0.2) is 54.7 Å². The van der Waals surface area contributed by atoms with E-state index in [2.05, 4.69) is 68.2 Å². The number of aryl methyl sites for hydroxylation is 3. The van der Waals surface area contributed by atoms with E-state index in [0.29, 0.717) is 18.2 Å². The van der Waals surface area contributed by atoms with Crippen LogP contribution in [0.3, 0.4) is 0 Å². The van der Waals surface area contributed by atoms with E-state index in [1.54, 1.807) is 24.3 Å². The molecule has 1 saturated heterocycles. The van der Waals surface area contributed by atoms with Crippen LogP contribution in [0.1, 0.15) is 36.0 Å². The molecule has 0 bridgehead atoms. The van der Waals surface area contributed by atoms with E-state index in [1.165, 1.54) is 29.5 Å². The average molecular weight is 531 g/mol. The molecule has 2 N–H and O–H groups in total. The molecule has 1 aromatic heterocycles. The third-order valence-corrected chi connectivity index (χ3v) is 8.56. The van der Waals surface area contributed by atoms with Gasteiger partial charge in [0.2, 0.25) is 16.0 Å². The molecule has 9 heteroatoms. The fraction of sp³-hybridized carbons (Fsp3) is 0.345. The van der Waals surface area contributed by atoms with Crippen LogP contribution < -0.4 is 10.0 Å². The van der Waals surface area contributed by atoms with Gasteiger partial charge in [0.05, 0.1) is 10.4 Å². The van der Waals surface area contributed by atoms with Crippen molar-refractivity contribution in [1.29, 1.82) is 0 Å². The van der Waals surface area contributed by atoms with Crippen LogP contribution in [0.2, 0.25) is 0 Å². The first-order valence-corrected chi connectivity index (χ1v) is 14.6. The zero-order valence-electron chi connectivity index (χ0n) is 22.2. The van der Waals surface area contributed by atoms with Gasteiger partial charge in [-0.25, -0.2) is 18.1 Å². The molecule has 38 heavy (non-hydrogen) atoms. The maximum absolute atomic E-state index is 12.7. The molecule has 0 amide bonds. The molecule has 0 spiro atoms. The van der Waals surface area contributed by atoms with Gasteiger partial charge in [0.25, 0.3) is 0 Å². The Labute approximate surface area is 224 Å². The van der Waals surface area contributed by atoms with Crippen molar-refractivity contribution in [2.24, 2.45) is 0 Å². The number of benzene rings is 3. The Morgan fingerprint density at radius 2 is 1.61 bits per heavy atom. The van der Waals surface area contributed by atoms with Crippen LogP contribution in [0.4, 0.5) is 11.6 Å². The standard InChI is InChI=1S/C29H34N6O2S/c1-20-8-6-9-21(2)27(20)23-18-22(3)28-26(19-23)33-34-29(32-28)31-24-10-12-25(13-11-24)38(36,37)30-14-7-17-35-15-4-5-16-35/h6,8-13,18-19,30H,4-5,7,14-17H2,1-3H3,(H,31,32,34). The number of fused-ring (bicyclic) bond motifs is 1. The lowest BCUT2D eigenvalue weighted by atomic mass is 9.94. The van der Waals surface area contributed by atoms with Gasteiger partial charge >= 0.3 is 0 Å². The average Bonchev–Trinajstić information content (AvgIpc) is 3.41. The second-order valence-corrected chi connectivity index (χ2v) is 11.8. The largest absolute Gasteiger partial charge is 0.323 e. The predicted octanol–water partition coefficient (Wildman–Crippen LogP) is 5.12. The Morgan fingerprint density at radius 3 is 2.32 bits per heavy atom. The molecule has 1 aliphatic heterocycles. The van der Waals surface area contributed by atoms with Crippen LogP contribution in [-0.2, 0) is 10.0 Å². The predicted molar refractivity (Wildman–Crippen MR) is 152 cm³/mol. The van der Waals surface area contributed by atoms with Crippen molar-refractivity contribution in [1.82, 2.24) is 24.8 Å². The quantitative estimate of drug-likeness (QED) is 0.290. The minimum atomic E-state index is -3.55. The van der Waals surface area contributed by atoms with E-state index < -0.39 is 10.0 Å². The lowest BCUT2D eigenvalue weighted by molar-refractivity contribution is 0.334. The molecule has 4 aromatic rings. The fourth-order valence-electron chi connectivity index (χ4n) is 5.12. The number of nitrogens with one attached hydrogen (secondary N) is 2. The van der Waals surface area contributed by atoms with Gasteiger partial charge in [0.1, 0.15) is 5.52 Å². The number of aromatic nitrogens is 3. The van der Waals surface area contributed by atoms with Gasteiger partial charge < -0.3 is 10.2 Å². The molecular weight excluding hydrogens is 496 g/mol. The number of anilines is 2. The number of sulfonamides is 1. The summed E-state index contributed by atoms with van der Waals surface area (Å²) in [5, 5.41) is 11.8. The SMILES string of the molecule is Cc1cccc(C)c1-c1cc(C)c2nc(Nc3ccc(S(=O)(=O)NCCCN4CCCC4)cc3)nnc2c1. The first kappa shape index (κ1) is 26.2. The van der Waals surface area contributed by atoms with E-state index in [9.17, 15) is 8.42 Å². The highest BCUT2D eigenvalue weighted by Gasteiger charge is 2.16. The van der Waals surface area contributed by atoms with Crippen molar-refractivity contribution in [2.45, 2.75) is 44.9 Å². The Kier molecular flexibility index (Phi) is 7.69. The van der Waals surface area contributed by atoms with Gasteiger partial charge in [-0.15, -0.1) is 10.2 Å².